The van der Waals surface area contributed by atoms with Gasteiger partial charge in [0.1, 0.15) is 0 Å². The van der Waals surface area contributed by atoms with Gasteiger partial charge in [0.15, 0.2) is 0 Å². The van der Waals surface area contributed by atoms with Crippen molar-refractivity contribution in [1.29, 1.82) is 0 Å². The van der Waals surface area contributed by atoms with Gasteiger partial charge in [0, 0.05) is 19.1 Å². The predicted molar refractivity (Wildman–Crippen MR) is 73.0 cm³/mol. The summed E-state index contributed by atoms with van der Waals surface area (Å²) in [5, 5.41) is 3.47. The van der Waals surface area contributed by atoms with Crippen molar-refractivity contribution in [2.45, 2.75) is 39.7 Å². The van der Waals surface area contributed by atoms with Crippen molar-refractivity contribution >= 4 is 0 Å². The van der Waals surface area contributed by atoms with Crippen molar-refractivity contribution in [1.82, 2.24) is 15.1 Å². The first-order valence-corrected chi connectivity index (χ1v) is 6.70. The van der Waals surface area contributed by atoms with Gasteiger partial charge in [0.2, 0.25) is 0 Å². The van der Waals surface area contributed by atoms with E-state index in [-0.39, 0.29) is 0 Å². The van der Waals surface area contributed by atoms with E-state index in [9.17, 15) is 0 Å². The van der Waals surface area contributed by atoms with E-state index in [1.165, 1.54) is 32.5 Å². The summed E-state index contributed by atoms with van der Waals surface area (Å²) < 4.78 is 0. The highest BCUT2D eigenvalue weighted by Crippen LogP contribution is 1.98. The van der Waals surface area contributed by atoms with E-state index in [4.69, 9.17) is 0 Å². The van der Waals surface area contributed by atoms with E-state index in [2.05, 4.69) is 50.0 Å². The van der Waals surface area contributed by atoms with E-state index < -0.39 is 0 Å². The molecule has 0 aromatic heterocycles. The summed E-state index contributed by atoms with van der Waals surface area (Å²) in [7, 11) is 4.29. The van der Waals surface area contributed by atoms with Crippen LogP contribution in [0.3, 0.4) is 0 Å². The number of nitrogens with zero attached hydrogens (tertiary/aromatic N) is 2. The molecule has 0 amide bonds. The zero-order chi connectivity index (χ0) is 12.4. The SMILES string of the molecule is CCCN(CCC(C)NCC)CCN(C)C. The summed E-state index contributed by atoms with van der Waals surface area (Å²) in [6, 6.07) is 0.642. The maximum absolute atomic E-state index is 3.47. The third kappa shape index (κ3) is 9.13. The fraction of sp³-hybridized carbons (Fsp3) is 1.00. The summed E-state index contributed by atoms with van der Waals surface area (Å²) >= 11 is 0. The highest BCUT2D eigenvalue weighted by Gasteiger charge is 2.06. The molecule has 0 radical (unpaired) electrons. The minimum Gasteiger partial charge on any atom is -0.314 e. The zero-order valence-electron chi connectivity index (χ0n) is 11.9. The Morgan fingerprint density at radius 2 is 1.69 bits per heavy atom. The van der Waals surface area contributed by atoms with E-state index in [1.807, 2.05) is 0 Å². The van der Waals surface area contributed by atoms with Crippen LogP contribution in [-0.4, -0.2) is 62.7 Å². The molecule has 0 aliphatic heterocycles. The fourth-order valence-corrected chi connectivity index (χ4v) is 1.82. The summed E-state index contributed by atoms with van der Waals surface area (Å²) in [5.74, 6) is 0. The quantitative estimate of drug-likeness (QED) is 0.614. The van der Waals surface area contributed by atoms with Gasteiger partial charge in [-0.15, -0.1) is 0 Å². The van der Waals surface area contributed by atoms with Gasteiger partial charge < -0.3 is 15.1 Å². The summed E-state index contributed by atoms with van der Waals surface area (Å²) in [6.45, 7) is 12.6. The molecule has 0 saturated carbocycles. The molecule has 98 valence electrons. The second-order valence-corrected chi connectivity index (χ2v) is 4.89. The van der Waals surface area contributed by atoms with Crippen LogP contribution in [0, 0.1) is 0 Å². The van der Waals surface area contributed by atoms with Crippen molar-refractivity contribution in [3.05, 3.63) is 0 Å². The molecule has 0 bridgehead atoms. The van der Waals surface area contributed by atoms with Crippen molar-refractivity contribution in [3.63, 3.8) is 0 Å². The predicted octanol–water partition coefficient (Wildman–Crippen LogP) is 1.65. The molecule has 16 heavy (non-hydrogen) atoms. The normalized spacial score (nSPS) is 13.7. The first-order valence-electron chi connectivity index (χ1n) is 6.70. The summed E-state index contributed by atoms with van der Waals surface area (Å²) in [6.07, 6.45) is 2.50. The second-order valence-electron chi connectivity index (χ2n) is 4.89. The van der Waals surface area contributed by atoms with Crippen molar-refractivity contribution in [2.75, 3.05) is 46.8 Å². The van der Waals surface area contributed by atoms with Gasteiger partial charge in [-0.3, -0.25) is 0 Å². The first-order chi connectivity index (χ1) is 7.60. The topological polar surface area (TPSA) is 18.5 Å². The lowest BCUT2D eigenvalue weighted by atomic mass is 10.2. The standard InChI is InChI=1S/C13H31N3/c1-6-9-16(12-11-15(4)5)10-8-13(3)14-7-2/h13-14H,6-12H2,1-5H3. The molecule has 0 spiro atoms. The summed E-state index contributed by atoms with van der Waals surface area (Å²) in [5.41, 5.74) is 0. The van der Waals surface area contributed by atoms with Gasteiger partial charge in [-0.05, 0) is 53.5 Å². The van der Waals surface area contributed by atoms with Crippen LogP contribution < -0.4 is 5.32 Å². The van der Waals surface area contributed by atoms with Crippen molar-refractivity contribution in [3.8, 4) is 0 Å². The van der Waals surface area contributed by atoms with Gasteiger partial charge >= 0.3 is 0 Å². The van der Waals surface area contributed by atoms with Crippen LogP contribution in [0.2, 0.25) is 0 Å². The average Bonchev–Trinajstić information content (AvgIpc) is 2.22. The molecule has 0 aromatic carbocycles. The van der Waals surface area contributed by atoms with Crippen LogP contribution in [0.4, 0.5) is 0 Å². The van der Waals surface area contributed by atoms with Gasteiger partial charge in [-0.1, -0.05) is 13.8 Å². The lowest BCUT2D eigenvalue weighted by Gasteiger charge is -2.25. The van der Waals surface area contributed by atoms with Crippen LogP contribution in [-0.2, 0) is 0 Å². The summed E-state index contributed by atoms with van der Waals surface area (Å²) in [4.78, 5) is 4.84. The Kier molecular flexibility index (Phi) is 9.99. The third-order valence-corrected chi connectivity index (χ3v) is 2.83. The fourth-order valence-electron chi connectivity index (χ4n) is 1.82. The van der Waals surface area contributed by atoms with Crippen LogP contribution in [0.15, 0.2) is 0 Å². The van der Waals surface area contributed by atoms with Crippen LogP contribution >= 0.6 is 0 Å². The maximum atomic E-state index is 3.47. The number of hydrogen-bond donors (Lipinski definition) is 1. The molecule has 3 nitrogen and oxygen atoms in total. The maximum Gasteiger partial charge on any atom is 0.0109 e. The first kappa shape index (κ1) is 15.9. The Balaban J connectivity index is 3.74. The Morgan fingerprint density at radius 3 is 2.19 bits per heavy atom. The molecule has 0 heterocycles. The van der Waals surface area contributed by atoms with Crippen molar-refractivity contribution in [2.24, 2.45) is 0 Å². The Labute approximate surface area is 102 Å². The van der Waals surface area contributed by atoms with E-state index in [0.29, 0.717) is 6.04 Å². The molecule has 0 aliphatic rings. The molecule has 1 unspecified atom stereocenters. The second kappa shape index (κ2) is 10.1. The lowest BCUT2D eigenvalue weighted by molar-refractivity contribution is 0.231. The van der Waals surface area contributed by atoms with Crippen LogP contribution in [0.5, 0.6) is 0 Å². The minimum absolute atomic E-state index is 0.642. The largest absolute Gasteiger partial charge is 0.314 e. The number of nitrogens with one attached hydrogen (secondary N) is 1. The highest BCUT2D eigenvalue weighted by molar-refractivity contribution is 4.65. The van der Waals surface area contributed by atoms with Crippen LogP contribution in [0.1, 0.15) is 33.6 Å². The van der Waals surface area contributed by atoms with Gasteiger partial charge in [0.25, 0.3) is 0 Å². The van der Waals surface area contributed by atoms with E-state index in [0.717, 1.165) is 13.1 Å². The Morgan fingerprint density at radius 1 is 1.00 bits per heavy atom. The number of likely N-dealkylation sites (N-methyl/N-ethyl adjacent to an activating group) is 1. The third-order valence-electron chi connectivity index (χ3n) is 2.83. The molecule has 0 aliphatic carbocycles. The molecule has 0 fully saturated rings. The number of rotatable bonds is 10. The molecule has 1 N–H and O–H groups in total. The van der Waals surface area contributed by atoms with E-state index in [1.54, 1.807) is 0 Å². The van der Waals surface area contributed by atoms with Gasteiger partial charge in [-0.2, -0.15) is 0 Å². The van der Waals surface area contributed by atoms with Crippen molar-refractivity contribution < 1.29 is 0 Å². The number of hydrogen-bond acceptors (Lipinski definition) is 3. The monoisotopic (exact) mass is 229 g/mol. The molecular weight excluding hydrogens is 198 g/mol. The minimum atomic E-state index is 0.642. The smallest absolute Gasteiger partial charge is 0.0109 e. The lowest BCUT2D eigenvalue weighted by Crippen LogP contribution is -2.36. The molecule has 0 rings (SSSR count). The molecule has 1 atom stereocenters. The Bertz CT molecular complexity index is 148. The zero-order valence-corrected chi connectivity index (χ0v) is 11.9. The van der Waals surface area contributed by atoms with E-state index >= 15 is 0 Å². The van der Waals surface area contributed by atoms with Gasteiger partial charge in [-0.25, -0.2) is 0 Å². The van der Waals surface area contributed by atoms with Crippen LogP contribution in [0.25, 0.3) is 0 Å². The highest BCUT2D eigenvalue weighted by atomic mass is 15.2. The Hall–Kier alpha value is -0.120. The molecular formula is C13H31N3. The van der Waals surface area contributed by atoms with Gasteiger partial charge in [0.05, 0.1) is 0 Å². The molecule has 0 saturated heterocycles. The molecule has 3 heteroatoms. The average molecular weight is 229 g/mol. The molecule has 0 aromatic rings.